The van der Waals surface area contributed by atoms with Crippen molar-refractivity contribution in [3.05, 3.63) is 84.2 Å². The van der Waals surface area contributed by atoms with Crippen LogP contribution in [0.2, 0.25) is 0 Å². The third-order valence-corrected chi connectivity index (χ3v) is 5.31. The summed E-state index contributed by atoms with van der Waals surface area (Å²) in [6.07, 6.45) is 4.94. The summed E-state index contributed by atoms with van der Waals surface area (Å²) in [5.41, 5.74) is 3.49. The van der Waals surface area contributed by atoms with Crippen LogP contribution in [0.5, 0.6) is 0 Å². The lowest BCUT2D eigenvalue weighted by molar-refractivity contribution is 0.0692. The first-order valence-electron chi connectivity index (χ1n) is 9.59. The predicted octanol–water partition coefficient (Wildman–Crippen LogP) is 4.49. The topological polar surface area (TPSA) is 93.8 Å². The Bertz CT molecular complexity index is 1460. The zero-order valence-corrected chi connectivity index (χ0v) is 16.4. The minimum atomic E-state index is -1.32. The van der Waals surface area contributed by atoms with E-state index >= 15 is 0 Å². The van der Waals surface area contributed by atoms with Crippen LogP contribution in [0.4, 0.5) is 4.39 Å². The number of nitrogens with zero attached hydrogens (tertiary/aromatic N) is 5. The molecule has 5 aromatic rings. The van der Waals surface area contributed by atoms with Gasteiger partial charge in [0.1, 0.15) is 5.82 Å². The minimum Gasteiger partial charge on any atom is -0.478 e. The first-order chi connectivity index (χ1) is 15.0. The molecular formula is C23H16FN5O2. The van der Waals surface area contributed by atoms with Gasteiger partial charge in [0.15, 0.2) is 11.3 Å². The van der Waals surface area contributed by atoms with Gasteiger partial charge < -0.3 is 9.67 Å². The summed E-state index contributed by atoms with van der Waals surface area (Å²) in [5, 5.41) is 10.1. The highest BCUT2D eigenvalue weighted by Crippen LogP contribution is 2.26. The van der Waals surface area contributed by atoms with E-state index in [1.165, 1.54) is 18.3 Å². The van der Waals surface area contributed by atoms with E-state index in [0.717, 1.165) is 22.5 Å². The molecule has 3 heterocycles. The van der Waals surface area contributed by atoms with Gasteiger partial charge in [0.2, 0.25) is 0 Å². The number of hydrogen-bond donors (Lipinski definition) is 1. The number of carboxylic acids is 1. The molecule has 1 N–H and O–H groups in total. The van der Waals surface area contributed by atoms with Crippen molar-refractivity contribution in [3.63, 3.8) is 0 Å². The first-order valence-corrected chi connectivity index (χ1v) is 9.59. The lowest BCUT2D eigenvalue weighted by Crippen LogP contribution is -2.07. The lowest BCUT2D eigenvalue weighted by atomic mass is 10.1. The largest absolute Gasteiger partial charge is 0.478 e. The first kappa shape index (κ1) is 18.8. The van der Waals surface area contributed by atoms with E-state index in [1.807, 2.05) is 35.8 Å². The molecule has 31 heavy (non-hydrogen) atoms. The quantitative estimate of drug-likeness (QED) is 0.467. The van der Waals surface area contributed by atoms with Crippen LogP contribution >= 0.6 is 0 Å². The SMILES string of the molecule is CC(c1ccc2ncccc2c1)n1cnc2ncc(-c3ccc(C(=O)O)c(F)c3)nc21. The van der Waals surface area contributed by atoms with E-state index in [2.05, 4.69) is 26.0 Å². The number of aromatic carboxylic acids is 1. The Morgan fingerprint density at radius 1 is 1.10 bits per heavy atom. The molecule has 0 aliphatic heterocycles. The molecule has 0 radical (unpaired) electrons. The maximum atomic E-state index is 14.1. The van der Waals surface area contributed by atoms with Crippen LogP contribution < -0.4 is 0 Å². The monoisotopic (exact) mass is 413 g/mol. The molecule has 3 aromatic heterocycles. The third-order valence-electron chi connectivity index (χ3n) is 5.31. The fraction of sp³-hybridized carbons (Fsp3) is 0.0870. The summed E-state index contributed by atoms with van der Waals surface area (Å²) in [6.45, 7) is 2.04. The van der Waals surface area contributed by atoms with Crippen LogP contribution in [0.3, 0.4) is 0 Å². The van der Waals surface area contributed by atoms with Crippen molar-refractivity contribution in [1.29, 1.82) is 0 Å². The minimum absolute atomic E-state index is 0.0784. The number of carboxylic acid groups (broad SMARTS) is 1. The summed E-state index contributed by atoms with van der Waals surface area (Å²) in [4.78, 5) is 28.7. The molecule has 0 aliphatic carbocycles. The van der Waals surface area contributed by atoms with Gasteiger partial charge in [-0.2, -0.15) is 0 Å². The molecule has 1 atom stereocenters. The number of aromatic nitrogens is 5. The molecule has 0 saturated heterocycles. The summed E-state index contributed by atoms with van der Waals surface area (Å²) < 4.78 is 16.1. The zero-order chi connectivity index (χ0) is 21.5. The smallest absolute Gasteiger partial charge is 0.338 e. The van der Waals surface area contributed by atoms with Crippen LogP contribution in [0, 0.1) is 5.82 Å². The lowest BCUT2D eigenvalue weighted by Gasteiger charge is -2.15. The molecule has 0 spiro atoms. The van der Waals surface area contributed by atoms with Gasteiger partial charge >= 0.3 is 5.97 Å². The number of pyridine rings is 1. The number of hydrogen-bond acceptors (Lipinski definition) is 5. The maximum Gasteiger partial charge on any atom is 0.338 e. The van der Waals surface area contributed by atoms with Crippen molar-refractivity contribution in [2.24, 2.45) is 0 Å². The Kier molecular flexibility index (Phi) is 4.39. The highest BCUT2D eigenvalue weighted by atomic mass is 19.1. The van der Waals surface area contributed by atoms with Crippen LogP contribution in [-0.2, 0) is 0 Å². The van der Waals surface area contributed by atoms with E-state index < -0.39 is 11.8 Å². The number of rotatable bonds is 4. The maximum absolute atomic E-state index is 14.1. The summed E-state index contributed by atoms with van der Waals surface area (Å²) in [6, 6.07) is 13.8. The van der Waals surface area contributed by atoms with Gasteiger partial charge in [0.05, 0.1) is 35.3 Å². The average molecular weight is 413 g/mol. The van der Waals surface area contributed by atoms with Gasteiger partial charge in [-0.25, -0.2) is 24.1 Å². The van der Waals surface area contributed by atoms with E-state index in [1.54, 1.807) is 12.5 Å². The van der Waals surface area contributed by atoms with Gasteiger partial charge in [-0.05, 0) is 42.8 Å². The highest BCUT2D eigenvalue weighted by Gasteiger charge is 2.16. The molecule has 152 valence electrons. The summed E-state index contributed by atoms with van der Waals surface area (Å²) in [5.74, 6) is -2.14. The Labute approximate surface area is 175 Å². The third kappa shape index (κ3) is 3.28. The van der Waals surface area contributed by atoms with Gasteiger partial charge in [0, 0.05) is 17.1 Å². The molecule has 0 amide bonds. The highest BCUT2D eigenvalue weighted by molar-refractivity contribution is 5.88. The molecule has 0 aliphatic rings. The molecule has 5 rings (SSSR count). The molecule has 8 heteroatoms. The number of carbonyl (C=O) groups is 1. The number of imidazole rings is 1. The second kappa shape index (κ2) is 7.24. The van der Waals surface area contributed by atoms with Gasteiger partial charge in [-0.3, -0.25) is 4.98 Å². The molecule has 7 nitrogen and oxygen atoms in total. The van der Waals surface area contributed by atoms with E-state index in [-0.39, 0.29) is 11.6 Å². The van der Waals surface area contributed by atoms with Gasteiger partial charge in [-0.15, -0.1) is 0 Å². The second-order valence-electron chi connectivity index (χ2n) is 7.19. The summed E-state index contributed by atoms with van der Waals surface area (Å²) >= 11 is 0. The Morgan fingerprint density at radius 3 is 2.77 bits per heavy atom. The van der Waals surface area contributed by atoms with Gasteiger partial charge in [-0.1, -0.05) is 18.2 Å². The van der Waals surface area contributed by atoms with Crippen molar-refractivity contribution < 1.29 is 14.3 Å². The van der Waals surface area contributed by atoms with Gasteiger partial charge in [0.25, 0.3) is 0 Å². The molecule has 0 fully saturated rings. The molecule has 0 bridgehead atoms. The van der Waals surface area contributed by atoms with Crippen LogP contribution in [0.1, 0.15) is 28.9 Å². The average Bonchev–Trinajstić information content (AvgIpc) is 3.21. The number of fused-ring (bicyclic) bond motifs is 2. The van der Waals surface area contributed by atoms with E-state index in [0.29, 0.717) is 22.6 Å². The van der Waals surface area contributed by atoms with E-state index in [4.69, 9.17) is 5.11 Å². The van der Waals surface area contributed by atoms with Crippen LogP contribution in [-0.4, -0.2) is 35.6 Å². The van der Waals surface area contributed by atoms with Crippen molar-refractivity contribution in [1.82, 2.24) is 24.5 Å². The Morgan fingerprint density at radius 2 is 1.97 bits per heavy atom. The van der Waals surface area contributed by atoms with Crippen molar-refractivity contribution in [3.8, 4) is 11.3 Å². The molecule has 1 unspecified atom stereocenters. The number of halogens is 1. The normalized spacial score (nSPS) is 12.3. The zero-order valence-electron chi connectivity index (χ0n) is 16.4. The Balaban J connectivity index is 1.57. The van der Waals surface area contributed by atoms with Crippen molar-refractivity contribution in [2.45, 2.75) is 13.0 Å². The van der Waals surface area contributed by atoms with Crippen molar-refractivity contribution in [2.75, 3.05) is 0 Å². The predicted molar refractivity (Wildman–Crippen MR) is 113 cm³/mol. The standard InChI is InChI=1S/C23H16FN5O2/c1-13(14-5-7-19-15(9-14)3-2-8-25-19)29-12-27-21-22(29)28-20(11-26-21)16-4-6-17(23(30)31)18(24)10-16/h2-13H,1H3,(H,30,31). The van der Waals surface area contributed by atoms with Crippen molar-refractivity contribution >= 4 is 28.2 Å². The number of benzene rings is 2. The second-order valence-corrected chi connectivity index (χ2v) is 7.19. The van der Waals surface area contributed by atoms with E-state index in [9.17, 15) is 9.18 Å². The molecule has 0 saturated carbocycles. The molecular weight excluding hydrogens is 397 g/mol. The van der Waals surface area contributed by atoms with Crippen LogP contribution in [0.15, 0.2) is 67.3 Å². The Hall–Kier alpha value is -4.20. The molecule has 2 aromatic carbocycles. The summed E-state index contributed by atoms with van der Waals surface area (Å²) in [7, 11) is 0. The van der Waals surface area contributed by atoms with Crippen LogP contribution in [0.25, 0.3) is 33.5 Å². The fourth-order valence-corrected chi connectivity index (χ4v) is 3.59. The fourth-order valence-electron chi connectivity index (χ4n) is 3.59.